The number of rotatable bonds is 5. The molecule has 2 atom stereocenters. The van der Waals surface area contributed by atoms with Crippen LogP contribution in [-0.2, 0) is 4.74 Å². The number of aliphatic imine (C=N–C) groups is 1. The first-order valence-electron chi connectivity index (χ1n) is 12.1. The third kappa shape index (κ3) is 4.74. The van der Waals surface area contributed by atoms with Gasteiger partial charge in [-0.3, -0.25) is 4.79 Å². The summed E-state index contributed by atoms with van der Waals surface area (Å²) in [4.78, 5) is 18.2. The number of nitrogens with zero attached hydrogens (tertiary/aromatic N) is 3. The average molecular weight is 501 g/mol. The highest BCUT2D eigenvalue weighted by atomic mass is 19.1. The summed E-state index contributed by atoms with van der Waals surface area (Å²) in [7, 11) is 0. The molecule has 0 saturated carbocycles. The van der Waals surface area contributed by atoms with E-state index in [4.69, 9.17) is 14.8 Å². The highest BCUT2D eigenvalue weighted by molar-refractivity contribution is 5.99. The molecule has 188 valence electrons. The van der Waals surface area contributed by atoms with Gasteiger partial charge in [0.15, 0.2) is 5.82 Å². The van der Waals surface area contributed by atoms with Crippen LogP contribution in [0.4, 0.5) is 14.6 Å². The van der Waals surface area contributed by atoms with Gasteiger partial charge in [-0.1, -0.05) is 29.8 Å². The van der Waals surface area contributed by atoms with Gasteiger partial charge >= 0.3 is 0 Å². The summed E-state index contributed by atoms with van der Waals surface area (Å²) >= 11 is 0. The van der Waals surface area contributed by atoms with E-state index in [2.05, 4.69) is 5.32 Å². The summed E-state index contributed by atoms with van der Waals surface area (Å²) in [5, 5.41) is 7.82. The second kappa shape index (κ2) is 9.97. The standard InChI is InChI=1S/C29H26F2N4O2/c1-4-37-29-26(32-28(36)20-7-5-6-17(2)16-20)25(19-8-10-21(30)11-9-19)24-18(3)34-35(27(24)33-29)23-14-12-22(31)13-15-23/h5-16,25-26H,4H2,1-3H3,(H,32,36)/t25-,26-/m1/s1. The molecule has 1 aliphatic rings. The van der Waals surface area contributed by atoms with Crippen molar-refractivity contribution < 1.29 is 18.3 Å². The molecule has 0 radical (unpaired) electrons. The molecular formula is C29H26F2N4O2. The Balaban J connectivity index is 1.67. The Labute approximate surface area is 213 Å². The summed E-state index contributed by atoms with van der Waals surface area (Å²) in [6.07, 6.45) is 0. The summed E-state index contributed by atoms with van der Waals surface area (Å²) < 4.78 is 35.1. The largest absolute Gasteiger partial charge is 0.479 e. The number of fused-ring (bicyclic) bond motifs is 1. The Bertz CT molecular complexity index is 1480. The minimum atomic E-state index is -0.671. The highest BCUT2D eigenvalue weighted by Gasteiger charge is 2.40. The number of carbonyl (C=O) groups excluding carboxylic acids is 1. The zero-order valence-electron chi connectivity index (χ0n) is 20.7. The van der Waals surface area contributed by atoms with Crippen molar-refractivity contribution in [2.75, 3.05) is 6.61 Å². The van der Waals surface area contributed by atoms with Crippen LogP contribution >= 0.6 is 0 Å². The predicted molar refractivity (Wildman–Crippen MR) is 138 cm³/mol. The number of nitrogens with one attached hydrogen (secondary N) is 1. The Morgan fingerprint density at radius 3 is 2.32 bits per heavy atom. The summed E-state index contributed by atoms with van der Waals surface area (Å²) in [6, 6.07) is 18.8. The van der Waals surface area contributed by atoms with Gasteiger partial charge in [0.2, 0.25) is 5.90 Å². The number of aryl methyl sites for hydroxylation is 2. The molecule has 4 aromatic rings. The number of amides is 1. The molecule has 37 heavy (non-hydrogen) atoms. The number of ether oxygens (including phenoxy) is 1. The molecule has 0 unspecified atom stereocenters. The molecule has 0 saturated heterocycles. The van der Waals surface area contributed by atoms with Crippen LogP contribution in [0.1, 0.15) is 45.6 Å². The highest BCUT2D eigenvalue weighted by Crippen LogP contribution is 2.42. The lowest BCUT2D eigenvalue weighted by molar-refractivity contribution is 0.0938. The fraction of sp³-hybridized carbons (Fsp3) is 0.207. The van der Waals surface area contributed by atoms with Crippen molar-refractivity contribution >= 4 is 17.6 Å². The third-order valence-corrected chi connectivity index (χ3v) is 6.37. The molecule has 3 aromatic carbocycles. The topological polar surface area (TPSA) is 68.5 Å². The predicted octanol–water partition coefficient (Wildman–Crippen LogP) is 5.78. The normalized spacial score (nSPS) is 16.6. The van der Waals surface area contributed by atoms with Gasteiger partial charge in [-0.2, -0.15) is 10.1 Å². The van der Waals surface area contributed by atoms with Gasteiger partial charge in [0.1, 0.15) is 17.7 Å². The molecule has 6 nitrogen and oxygen atoms in total. The fourth-order valence-corrected chi connectivity index (χ4v) is 4.70. The van der Waals surface area contributed by atoms with E-state index in [1.54, 1.807) is 35.0 Å². The van der Waals surface area contributed by atoms with Crippen LogP contribution in [0, 0.1) is 25.5 Å². The molecule has 2 heterocycles. The first-order chi connectivity index (χ1) is 17.9. The van der Waals surface area contributed by atoms with Crippen LogP contribution in [0.3, 0.4) is 0 Å². The van der Waals surface area contributed by atoms with E-state index in [9.17, 15) is 13.6 Å². The van der Waals surface area contributed by atoms with Crippen LogP contribution in [0.15, 0.2) is 77.8 Å². The van der Waals surface area contributed by atoms with Crippen molar-refractivity contribution in [1.29, 1.82) is 0 Å². The number of benzene rings is 3. The molecule has 8 heteroatoms. The summed E-state index contributed by atoms with van der Waals surface area (Å²) in [5.41, 5.74) is 4.33. The Hall–Kier alpha value is -4.33. The van der Waals surface area contributed by atoms with Crippen molar-refractivity contribution in [3.05, 3.63) is 112 Å². The maximum absolute atomic E-state index is 13.9. The molecule has 5 rings (SSSR count). The number of aromatic nitrogens is 2. The lowest BCUT2D eigenvalue weighted by Crippen LogP contribution is -2.47. The van der Waals surface area contributed by atoms with Gasteiger partial charge in [-0.25, -0.2) is 13.5 Å². The van der Waals surface area contributed by atoms with Gasteiger partial charge in [0, 0.05) is 17.0 Å². The molecule has 0 aliphatic carbocycles. The van der Waals surface area contributed by atoms with Crippen molar-refractivity contribution in [3.8, 4) is 5.69 Å². The third-order valence-electron chi connectivity index (χ3n) is 6.37. The van der Waals surface area contributed by atoms with Crippen molar-refractivity contribution in [2.24, 2.45) is 4.99 Å². The van der Waals surface area contributed by atoms with Crippen LogP contribution in [0.2, 0.25) is 0 Å². The molecule has 1 aromatic heterocycles. The Morgan fingerprint density at radius 1 is 1.00 bits per heavy atom. The summed E-state index contributed by atoms with van der Waals surface area (Å²) in [6.45, 7) is 5.94. The molecule has 0 fully saturated rings. The van der Waals surface area contributed by atoms with E-state index < -0.39 is 12.0 Å². The van der Waals surface area contributed by atoms with E-state index in [-0.39, 0.29) is 17.5 Å². The molecule has 1 amide bonds. The number of hydrogen-bond donors (Lipinski definition) is 1. The Kier molecular flexibility index (Phi) is 6.56. The number of carbonyl (C=O) groups is 1. The minimum Gasteiger partial charge on any atom is -0.479 e. The smallest absolute Gasteiger partial charge is 0.251 e. The van der Waals surface area contributed by atoms with E-state index in [1.807, 2.05) is 39.0 Å². The molecule has 0 spiro atoms. The van der Waals surface area contributed by atoms with Gasteiger partial charge in [0.25, 0.3) is 5.91 Å². The lowest BCUT2D eigenvalue weighted by atomic mass is 9.82. The minimum absolute atomic E-state index is 0.278. The average Bonchev–Trinajstić information content (AvgIpc) is 3.21. The van der Waals surface area contributed by atoms with Gasteiger partial charge in [-0.05, 0) is 74.9 Å². The second-order valence-corrected chi connectivity index (χ2v) is 8.94. The monoisotopic (exact) mass is 500 g/mol. The quantitative estimate of drug-likeness (QED) is 0.378. The summed E-state index contributed by atoms with van der Waals surface area (Å²) in [5.74, 6) is -0.630. The lowest BCUT2D eigenvalue weighted by Gasteiger charge is -2.32. The maximum Gasteiger partial charge on any atom is 0.251 e. The van der Waals surface area contributed by atoms with Gasteiger partial charge in [0.05, 0.1) is 18.0 Å². The van der Waals surface area contributed by atoms with Crippen LogP contribution in [-0.4, -0.2) is 34.2 Å². The molecule has 1 N–H and O–H groups in total. The van der Waals surface area contributed by atoms with E-state index in [0.29, 0.717) is 35.3 Å². The molecule has 1 aliphatic heterocycles. The van der Waals surface area contributed by atoms with Gasteiger partial charge in [-0.15, -0.1) is 0 Å². The van der Waals surface area contributed by atoms with Crippen molar-refractivity contribution in [3.63, 3.8) is 0 Å². The zero-order chi connectivity index (χ0) is 26.1. The molecule has 0 bridgehead atoms. The van der Waals surface area contributed by atoms with E-state index in [0.717, 1.165) is 16.7 Å². The van der Waals surface area contributed by atoms with Crippen LogP contribution in [0.5, 0.6) is 0 Å². The van der Waals surface area contributed by atoms with E-state index >= 15 is 0 Å². The number of hydrogen-bond acceptors (Lipinski definition) is 4. The maximum atomic E-state index is 13.9. The first kappa shape index (κ1) is 24.4. The van der Waals surface area contributed by atoms with Gasteiger partial charge < -0.3 is 10.1 Å². The Morgan fingerprint density at radius 2 is 1.68 bits per heavy atom. The SMILES string of the molecule is CCOC1=Nc2c(c(C)nn2-c2ccc(F)cc2)[C@@H](c2ccc(F)cc2)[C@H]1NC(=O)c1cccc(C)c1. The second-order valence-electron chi connectivity index (χ2n) is 8.94. The first-order valence-corrected chi connectivity index (χ1v) is 12.1. The van der Waals surface area contributed by atoms with Crippen LogP contribution < -0.4 is 5.32 Å². The molecular weight excluding hydrogens is 474 g/mol. The van der Waals surface area contributed by atoms with E-state index in [1.165, 1.54) is 24.3 Å². The van der Waals surface area contributed by atoms with Crippen molar-refractivity contribution in [1.82, 2.24) is 15.1 Å². The zero-order valence-corrected chi connectivity index (χ0v) is 20.7. The van der Waals surface area contributed by atoms with Crippen LogP contribution in [0.25, 0.3) is 5.69 Å². The fourth-order valence-electron chi connectivity index (χ4n) is 4.70. The number of halogens is 2. The van der Waals surface area contributed by atoms with Crippen molar-refractivity contribution in [2.45, 2.75) is 32.7 Å².